The zero-order valence-electron chi connectivity index (χ0n) is 9.72. The molecule has 7 heteroatoms. The molecule has 5 nitrogen and oxygen atoms in total. The normalized spacial score (nSPS) is 13.0. The number of hydrogen-bond acceptors (Lipinski definition) is 4. The molecule has 0 saturated carbocycles. The van der Waals surface area contributed by atoms with Crippen LogP contribution in [0.4, 0.5) is 4.39 Å². The summed E-state index contributed by atoms with van der Waals surface area (Å²) in [5.74, 6) is -0.773. The van der Waals surface area contributed by atoms with Gasteiger partial charge in [-0.05, 0) is 24.6 Å². The second-order valence-electron chi connectivity index (χ2n) is 3.66. The fourth-order valence-corrected chi connectivity index (χ4v) is 2.63. The molecule has 0 aromatic heterocycles. The maximum absolute atomic E-state index is 13.1. The van der Waals surface area contributed by atoms with E-state index >= 15 is 0 Å². The third kappa shape index (κ3) is 3.26. The zero-order valence-corrected chi connectivity index (χ0v) is 10.5. The number of benzene rings is 1. The first-order valence-corrected chi connectivity index (χ1v) is 6.75. The van der Waals surface area contributed by atoms with Crippen LogP contribution in [-0.2, 0) is 10.0 Å². The molecule has 0 spiro atoms. The fourth-order valence-electron chi connectivity index (χ4n) is 1.29. The predicted molar refractivity (Wildman–Crippen MR) is 62.6 cm³/mol. The molecule has 1 aromatic rings. The topological polar surface area (TPSA) is 90.2 Å². The second-order valence-corrected chi connectivity index (χ2v) is 5.38. The van der Waals surface area contributed by atoms with Gasteiger partial charge < -0.3 is 5.11 Å². The van der Waals surface area contributed by atoms with E-state index in [2.05, 4.69) is 4.72 Å². The summed E-state index contributed by atoms with van der Waals surface area (Å²) in [6.45, 7) is 1.39. The number of nitriles is 1. The van der Waals surface area contributed by atoms with Gasteiger partial charge in [-0.25, -0.2) is 17.5 Å². The Morgan fingerprint density at radius 3 is 2.72 bits per heavy atom. The van der Waals surface area contributed by atoms with Crippen LogP contribution in [0.25, 0.3) is 0 Å². The van der Waals surface area contributed by atoms with Gasteiger partial charge in [0.15, 0.2) is 0 Å². The van der Waals surface area contributed by atoms with Crippen molar-refractivity contribution in [2.45, 2.75) is 24.3 Å². The smallest absolute Gasteiger partial charge is 0.240 e. The largest absolute Gasteiger partial charge is 0.395 e. The van der Waals surface area contributed by atoms with Gasteiger partial charge in [-0.3, -0.25) is 0 Å². The Morgan fingerprint density at radius 2 is 2.22 bits per heavy atom. The number of nitrogens with zero attached hydrogens (tertiary/aromatic N) is 1. The van der Waals surface area contributed by atoms with Gasteiger partial charge in [0.1, 0.15) is 11.9 Å². The lowest BCUT2D eigenvalue weighted by molar-refractivity contribution is 0.254. The molecule has 0 heterocycles. The minimum absolute atomic E-state index is 0.202. The fraction of sp³-hybridized carbons (Fsp3) is 0.364. The van der Waals surface area contributed by atoms with E-state index in [0.29, 0.717) is 6.42 Å². The molecule has 18 heavy (non-hydrogen) atoms. The molecule has 98 valence electrons. The van der Waals surface area contributed by atoms with Crippen molar-refractivity contribution < 1.29 is 17.9 Å². The average molecular weight is 272 g/mol. The summed E-state index contributed by atoms with van der Waals surface area (Å²) in [5.41, 5.74) is -0.338. The van der Waals surface area contributed by atoms with Crippen molar-refractivity contribution in [3.63, 3.8) is 0 Å². The Labute approximate surface area is 105 Å². The van der Waals surface area contributed by atoms with E-state index in [1.54, 1.807) is 13.0 Å². The number of nitrogens with one attached hydrogen (secondary N) is 1. The molecule has 0 fully saturated rings. The quantitative estimate of drug-likeness (QED) is 0.827. The summed E-state index contributed by atoms with van der Waals surface area (Å²) in [6.07, 6.45) is 0.419. The molecule has 0 saturated heterocycles. The van der Waals surface area contributed by atoms with Gasteiger partial charge in [-0.1, -0.05) is 6.92 Å². The zero-order chi connectivity index (χ0) is 13.8. The predicted octanol–water partition coefficient (Wildman–Crippen LogP) is 0.747. The van der Waals surface area contributed by atoms with Crippen LogP contribution in [0.15, 0.2) is 23.1 Å². The summed E-state index contributed by atoms with van der Waals surface area (Å²) in [4.78, 5) is -0.202. The molecule has 1 rings (SSSR count). The second kappa shape index (κ2) is 5.91. The van der Waals surface area contributed by atoms with Crippen LogP contribution in [0, 0.1) is 17.1 Å². The molecule has 0 unspecified atom stereocenters. The Hall–Kier alpha value is -1.49. The highest BCUT2D eigenvalue weighted by Crippen LogP contribution is 2.15. The molecule has 0 aliphatic carbocycles. The van der Waals surface area contributed by atoms with E-state index in [1.807, 2.05) is 0 Å². The third-order valence-corrected chi connectivity index (χ3v) is 3.92. The van der Waals surface area contributed by atoms with Crippen molar-refractivity contribution in [1.29, 1.82) is 5.26 Å². The van der Waals surface area contributed by atoms with Crippen molar-refractivity contribution >= 4 is 10.0 Å². The van der Waals surface area contributed by atoms with Gasteiger partial charge in [0, 0.05) is 6.04 Å². The van der Waals surface area contributed by atoms with Gasteiger partial charge in [0.05, 0.1) is 17.1 Å². The SMILES string of the molecule is CC[C@H](CO)NS(=O)(=O)c1ccc(F)c(C#N)c1. The van der Waals surface area contributed by atoms with E-state index in [4.69, 9.17) is 10.4 Å². The number of hydrogen-bond donors (Lipinski definition) is 2. The molecule has 0 radical (unpaired) electrons. The number of aliphatic hydroxyl groups excluding tert-OH is 1. The van der Waals surface area contributed by atoms with Crippen LogP contribution in [0.5, 0.6) is 0 Å². The van der Waals surface area contributed by atoms with Crippen molar-refractivity contribution in [1.82, 2.24) is 4.72 Å². The Morgan fingerprint density at radius 1 is 1.56 bits per heavy atom. The lowest BCUT2D eigenvalue weighted by Gasteiger charge is -2.14. The average Bonchev–Trinajstić information content (AvgIpc) is 2.36. The summed E-state index contributed by atoms with van der Waals surface area (Å²) in [7, 11) is -3.86. The molecule has 0 aliphatic rings. The van der Waals surface area contributed by atoms with Gasteiger partial charge >= 0.3 is 0 Å². The summed E-state index contributed by atoms with van der Waals surface area (Å²) in [6, 6.07) is 3.92. The van der Waals surface area contributed by atoms with Crippen LogP contribution in [-0.4, -0.2) is 26.2 Å². The van der Waals surface area contributed by atoms with Crippen LogP contribution >= 0.6 is 0 Å². The molecular weight excluding hydrogens is 259 g/mol. The van der Waals surface area contributed by atoms with E-state index in [-0.39, 0.29) is 17.1 Å². The van der Waals surface area contributed by atoms with Crippen molar-refractivity contribution in [2.75, 3.05) is 6.61 Å². The third-order valence-electron chi connectivity index (χ3n) is 2.40. The van der Waals surface area contributed by atoms with E-state index in [9.17, 15) is 12.8 Å². The van der Waals surface area contributed by atoms with Crippen LogP contribution < -0.4 is 4.72 Å². The molecule has 0 aliphatic heterocycles. The van der Waals surface area contributed by atoms with Crippen LogP contribution in [0.3, 0.4) is 0 Å². The molecule has 2 N–H and O–H groups in total. The summed E-state index contributed by atoms with van der Waals surface area (Å²) >= 11 is 0. The lowest BCUT2D eigenvalue weighted by Crippen LogP contribution is -2.36. The standard InChI is InChI=1S/C11H13FN2O3S/c1-2-9(7-15)14-18(16,17)10-3-4-11(12)8(5-10)6-13/h3-5,9,14-15H,2,7H2,1H3/t9-/m1/s1. The highest BCUT2D eigenvalue weighted by molar-refractivity contribution is 7.89. The first-order valence-electron chi connectivity index (χ1n) is 5.27. The first-order chi connectivity index (χ1) is 8.44. The molecule has 1 aromatic carbocycles. The minimum Gasteiger partial charge on any atom is -0.395 e. The van der Waals surface area contributed by atoms with Crippen LogP contribution in [0.1, 0.15) is 18.9 Å². The van der Waals surface area contributed by atoms with Gasteiger partial charge in [0.2, 0.25) is 10.0 Å². The number of aliphatic hydroxyl groups is 1. The Balaban J connectivity index is 3.10. The summed E-state index contributed by atoms with van der Waals surface area (Å²) in [5, 5.41) is 17.6. The van der Waals surface area contributed by atoms with Gasteiger partial charge in [-0.2, -0.15) is 5.26 Å². The number of halogens is 1. The molecule has 0 amide bonds. The van der Waals surface area contributed by atoms with Crippen LogP contribution in [0.2, 0.25) is 0 Å². The number of sulfonamides is 1. The maximum Gasteiger partial charge on any atom is 0.240 e. The van der Waals surface area contributed by atoms with Crippen molar-refractivity contribution in [3.05, 3.63) is 29.6 Å². The Bertz CT molecular complexity index is 562. The van der Waals surface area contributed by atoms with Gasteiger partial charge in [0.25, 0.3) is 0 Å². The summed E-state index contributed by atoms with van der Waals surface area (Å²) < 4.78 is 39.1. The van der Waals surface area contributed by atoms with Crippen molar-refractivity contribution in [2.24, 2.45) is 0 Å². The minimum atomic E-state index is -3.86. The van der Waals surface area contributed by atoms with Crippen molar-refractivity contribution in [3.8, 4) is 6.07 Å². The molecular formula is C11H13FN2O3S. The molecule has 1 atom stereocenters. The maximum atomic E-state index is 13.1. The highest BCUT2D eigenvalue weighted by atomic mass is 32.2. The Kier molecular flexibility index (Phi) is 4.78. The highest BCUT2D eigenvalue weighted by Gasteiger charge is 2.19. The lowest BCUT2D eigenvalue weighted by atomic mass is 10.2. The first kappa shape index (κ1) is 14.6. The van der Waals surface area contributed by atoms with E-state index < -0.39 is 21.9 Å². The monoisotopic (exact) mass is 272 g/mol. The number of rotatable bonds is 5. The van der Waals surface area contributed by atoms with Gasteiger partial charge in [-0.15, -0.1) is 0 Å². The van der Waals surface area contributed by atoms with E-state index in [1.165, 1.54) is 0 Å². The molecule has 0 bridgehead atoms. The van der Waals surface area contributed by atoms with E-state index in [0.717, 1.165) is 18.2 Å².